The van der Waals surface area contributed by atoms with Gasteiger partial charge in [-0.05, 0) is 60.5 Å². The summed E-state index contributed by atoms with van der Waals surface area (Å²) in [6, 6.07) is 23.2. The van der Waals surface area contributed by atoms with Gasteiger partial charge in [-0.1, -0.05) is 43.0 Å². The Morgan fingerprint density at radius 2 is 1.71 bits per heavy atom. The summed E-state index contributed by atoms with van der Waals surface area (Å²) in [6.07, 6.45) is 0.933. The topological polar surface area (TPSA) is 55.8 Å². The molecule has 1 heterocycles. The van der Waals surface area contributed by atoms with Crippen LogP contribution in [-0.4, -0.2) is 48.6 Å². The van der Waals surface area contributed by atoms with Crippen molar-refractivity contribution in [2.75, 3.05) is 37.6 Å². The molecular formula is C29H31N3O2. The number of nitrogens with zero attached hydrogens (tertiary/aromatic N) is 2. The van der Waals surface area contributed by atoms with Gasteiger partial charge >= 0.3 is 0 Å². The Kier molecular flexibility index (Phi) is 7.85. The second-order valence-electron chi connectivity index (χ2n) is 8.52. The lowest BCUT2D eigenvalue weighted by atomic mass is 10.1. The van der Waals surface area contributed by atoms with E-state index in [0.29, 0.717) is 12.1 Å². The highest BCUT2D eigenvalue weighted by atomic mass is 16.3. The summed E-state index contributed by atoms with van der Waals surface area (Å²) in [5.41, 5.74) is 4.90. The monoisotopic (exact) mass is 453 g/mol. The van der Waals surface area contributed by atoms with Crippen LogP contribution in [0.5, 0.6) is 5.75 Å². The Balaban J connectivity index is 1.35. The largest absolute Gasteiger partial charge is 0.508 e. The highest BCUT2D eigenvalue weighted by molar-refractivity contribution is 5.94. The maximum absolute atomic E-state index is 12.1. The van der Waals surface area contributed by atoms with Gasteiger partial charge in [-0.15, -0.1) is 0 Å². The van der Waals surface area contributed by atoms with E-state index in [9.17, 15) is 9.90 Å². The minimum absolute atomic E-state index is 0.0101. The molecule has 1 amide bonds. The standard InChI is InChI=1S/C29H31N3O2/c1-2-16-30-29(34)25-12-14-27(15-13-25)32-19-17-31(18-20-32)22-26-8-4-3-7-24(26)11-10-23-6-5-9-28(33)21-23/h3-9,12-15,21,33H,2,16-20,22H2,1H3,(H,30,34). The van der Waals surface area contributed by atoms with E-state index in [2.05, 4.69) is 45.2 Å². The van der Waals surface area contributed by atoms with E-state index < -0.39 is 0 Å². The van der Waals surface area contributed by atoms with Crippen LogP contribution in [0.15, 0.2) is 72.8 Å². The SMILES string of the molecule is CCCNC(=O)c1ccc(N2CCN(Cc3ccccc3C#Cc3cccc(O)c3)CC2)cc1. The van der Waals surface area contributed by atoms with Gasteiger partial charge in [-0.25, -0.2) is 0 Å². The van der Waals surface area contributed by atoms with Crippen molar-refractivity contribution in [2.45, 2.75) is 19.9 Å². The average Bonchev–Trinajstić information content (AvgIpc) is 2.87. The van der Waals surface area contributed by atoms with Gasteiger partial charge in [0.25, 0.3) is 5.91 Å². The minimum atomic E-state index is -0.0101. The molecule has 1 saturated heterocycles. The molecule has 3 aromatic rings. The van der Waals surface area contributed by atoms with E-state index in [0.717, 1.165) is 56.0 Å². The maximum atomic E-state index is 12.1. The number of carbonyl (C=O) groups excluding carboxylic acids is 1. The molecular weight excluding hydrogens is 422 g/mol. The molecule has 0 bridgehead atoms. The van der Waals surface area contributed by atoms with Crippen LogP contribution in [0.1, 0.15) is 40.4 Å². The fraction of sp³-hybridized carbons (Fsp3) is 0.276. The molecule has 0 radical (unpaired) electrons. The van der Waals surface area contributed by atoms with Gasteiger partial charge < -0.3 is 15.3 Å². The van der Waals surface area contributed by atoms with Crippen LogP contribution in [0, 0.1) is 11.8 Å². The molecule has 0 aromatic heterocycles. The van der Waals surface area contributed by atoms with Crippen LogP contribution in [0.3, 0.4) is 0 Å². The first-order chi connectivity index (χ1) is 16.6. The molecule has 0 saturated carbocycles. The number of phenols is 1. The number of hydrogen-bond donors (Lipinski definition) is 2. The van der Waals surface area contributed by atoms with Crippen LogP contribution in [-0.2, 0) is 6.54 Å². The van der Waals surface area contributed by atoms with Gasteiger partial charge in [0.15, 0.2) is 0 Å². The lowest BCUT2D eigenvalue weighted by Gasteiger charge is -2.36. The van der Waals surface area contributed by atoms with E-state index >= 15 is 0 Å². The molecule has 3 aromatic carbocycles. The quantitative estimate of drug-likeness (QED) is 0.548. The highest BCUT2D eigenvalue weighted by Gasteiger charge is 2.18. The van der Waals surface area contributed by atoms with Gasteiger partial charge in [-0.3, -0.25) is 9.69 Å². The van der Waals surface area contributed by atoms with Gasteiger partial charge in [-0.2, -0.15) is 0 Å². The molecule has 174 valence electrons. The summed E-state index contributed by atoms with van der Waals surface area (Å²) >= 11 is 0. The summed E-state index contributed by atoms with van der Waals surface area (Å²) in [4.78, 5) is 17.0. The first kappa shape index (κ1) is 23.4. The summed E-state index contributed by atoms with van der Waals surface area (Å²) < 4.78 is 0. The molecule has 5 nitrogen and oxygen atoms in total. The number of phenolic OH excluding ortho intramolecular Hbond substituents is 1. The van der Waals surface area contributed by atoms with Crippen molar-refractivity contribution in [3.63, 3.8) is 0 Å². The lowest BCUT2D eigenvalue weighted by Crippen LogP contribution is -2.46. The summed E-state index contributed by atoms with van der Waals surface area (Å²) in [5.74, 6) is 6.66. The Labute approximate surface area is 202 Å². The van der Waals surface area contributed by atoms with E-state index in [1.54, 1.807) is 18.2 Å². The Hall–Kier alpha value is -3.75. The first-order valence-corrected chi connectivity index (χ1v) is 11.9. The van der Waals surface area contributed by atoms with Crippen molar-refractivity contribution in [2.24, 2.45) is 0 Å². The van der Waals surface area contributed by atoms with Crippen molar-refractivity contribution in [1.29, 1.82) is 0 Å². The third-order valence-electron chi connectivity index (χ3n) is 6.00. The van der Waals surface area contributed by atoms with Crippen molar-refractivity contribution in [3.05, 3.63) is 95.1 Å². The third kappa shape index (κ3) is 6.18. The molecule has 34 heavy (non-hydrogen) atoms. The van der Waals surface area contributed by atoms with Crippen LogP contribution in [0.2, 0.25) is 0 Å². The predicted octanol–water partition coefficient (Wildman–Crippen LogP) is 4.25. The molecule has 1 fully saturated rings. The van der Waals surface area contributed by atoms with Crippen LogP contribution >= 0.6 is 0 Å². The molecule has 4 rings (SSSR count). The Bertz CT molecular complexity index is 1170. The van der Waals surface area contributed by atoms with E-state index in [1.807, 2.05) is 43.3 Å². The molecule has 0 spiro atoms. The van der Waals surface area contributed by atoms with Crippen molar-refractivity contribution >= 4 is 11.6 Å². The van der Waals surface area contributed by atoms with Crippen molar-refractivity contribution in [1.82, 2.24) is 10.2 Å². The molecule has 0 unspecified atom stereocenters. The normalized spacial score (nSPS) is 13.7. The smallest absolute Gasteiger partial charge is 0.251 e. The third-order valence-corrected chi connectivity index (χ3v) is 6.00. The number of hydrogen-bond acceptors (Lipinski definition) is 4. The Morgan fingerprint density at radius 3 is 2.44 bits per heavy atom. The van der Waals surface area contributed by atoms with Crippen LogP contribution < -0.4 is 10.2 Å². The second-order valence-corrected chi connectivity index (χ2v) is 8.52. The number of anilines is 1. The van der Waals surface area contributed by atoms with Crippen LogP contribution in [0.4, 0.5) is 5.69 Å². The van der Waals surface area contributed by atoms with Crippen LogP contribution in [0.25, 0.3) is 0 Å². The van der Waals surface area contributed by atoms with E-state index in [-0.39, 0.29) is 11.7 Å². The fourth-order valence-electron chi connectivity index (χ4n) is 4.07. The summed E-state index contributed by atoms with van der Waals surface area (Å²) in [6.45, 7) is 7.42. The van der Waals surface area contributed by atoms with Gasteiger partial charge in [0.05, 0.1) is 0 Å². The highest BCUT2D eigenvalue weighted by Crippen LogP contribution is 2.19. The number of nitrogens with one attached hydrogen (secondary N) is 1. The first-order valence-electron chi connectivity index (χ1n) is 11.9. The van der Waals surface area contributed by atoms with Crippen molar-refractivity contribution in [3.8, 4) is 17.6 Å². The number of aromatic hydroxyl groups is 1. The molecule has 5 heteroatoms. The minimum Gasteiger partial charge on any atom is -0.508 e. The zero-order valence-electron chi connectivity index (χ0n) is 19.6. The fourth-order valence-corrected chi connectivity index (χ4v) is 4.07. The maximum Gasteiger partial charge on any atom is 0.251 e. The van der Waals surface area contributed by atoms with E-state index in [4.69, 9.17) is 0 Å². The number of carbonyl (C=O) groups is 1. The molecule has 0 aliphatic carbocycles. The second kappa shape index (κ2) is 11.4. The number of amides is 1. The average molecular weight is 454 g/mol. The van der Waals surface area contributed by atoms with Gasteiger partial charge in [0.1, 0.15) is 5.75 Å². The number of rotatable bonds is 6. The van der Waals surface area contributed by atoms with Gasteiger partial charge in [0.2, 0.25) is 0 Å². The zero-order valence-corrected chi connectivity index (χ0v) is 19.6. The van der Waals surface area contributed by atoms with Crippen molar-refractivity contribution < 1.29 is 9.90 Å². The number of benzene rings is 3. The zero-order chi connectivity index (χ0) is 23.8. The molecule has 1 aliphatic heterocycles. The summed E-state index contributed by atoms with van der Waals surface area (Å²) in [5, 5.41) is 12.6. The lowest BCUT2D eigenvalue weighted by molar-refractivity contribution is 0.0953. The summed E-state index contributed by atoms with van der Waals surface area (Å²) in [7, 11) is 0. The predicted molar refractivity (Wildman–Crippen MR) is 137 cm³/mol. The van der Waals surface area contributed by atoms with Gasteiger partial charge in [0, 0.05) is 61.6 Å². The Morgan fingerprint density at radius 1 is 0.941 bits per heavy atom. The molecule has 0 atom stereocenters. The number of piperazine rings is 1. The molecule has 2 N–H and O–H groups in total. The molecule has 1 aliphatic rings. The van der Waals surface area contributed by atoms with E-state index in [1.165, 1.54) is 5.56 Å².